The summed E-state index contributed by atoms with van der Waals surface area (Å²) in [6, 6.07) is 15.7. The number of amides is 1. The molecule has 0 radical (unpaired) electrons. The van der Waals surface area contributed by atoms with E-state index in [2.05, 4.69) is 31.6 Å². The van der Waals surface area contributed by atoms with Gasteiger partial charge in [-0.1, -0.05) is 28.1 Å². The van der Waals surface area contributed by atoms with Gasteiger partial charge in [-0.25, -0.2) is 5.43 Å². The van der Waals surface area contributed by atoms with E-state index in [1.165, 1.54) is 20.2 Å². The van der Waals surface area contributed by atoms with Crippen LogP contribution in [0.15, 0.2) is 62.9 Å². The van der Waals surface area contributed by atoms with Crippen molar-refractivity contribution >= 4 is 28.1 Å². The smallest absolute Gasteiger partial charge is 0.292 e. The molecule has 0 bridgehead atoms. The number of nitrogens with one attached hydrogen (secondary N) is 1. The Hall–Kier alpha value is -3.77. The van der Waals surface area contributed by atoms with Crippen LogP contribution in [0.4, 0.5) is 0 Å². The van der Waals surface area contributed by atoms with E-state index in [0.717, 1.165) is 14.7 Å². The second-order valence-electron chi connectivity index (χ2n) is 6.13. The summed E-state index contributed by atoms with van der Waals surface area (Å²) in [7, 11) is 1.52. The molecule has 0 spiro atoms. The van der Waals surface area contributed by atoms with E-state index in [4.69, 9.17) is 4.74 Å². The quantitative estimate of drug-likeness (QED) is 0.460. The summed E-state index contributed by atoms with van der Waals surface area (Å²) < 4.78 is 6.99. The van der Waals surface area contributed by atoms with E-state index in [9.17, 15) is 14.9 Å². The lowest BCUT2D eigenvalue weighted by Crippen LogP contribution is -2.31. The molecular formula is C21H16BrN5O3. The fraction of sp³-hybridized carbons (Fsp3) is 0.0952. The summed E-state index contributed by atoms with van der Waals surface area (Å²) in [6.45, 7) is 1.50. The van der Waals surface area contributed by atoms with Crippen LogP contribution >= 0.6 is 15.9 Å². The Bertz CT molecular complexity index is 1230. The number of methoxy groups -OCH3 is 1. The molecule has 8 nitrogen and oxygen atoms in total. The topological polar surface area (TPSA) is 109 Å². The normalized spacial score (nSPS) is 10.6. The highest BCUT2D eigenvalue weighted by molar-refractivity contribution is 9.10. The zero-order chi connectivity index (χ0) is 21.7. The molecule has 9 heteroatoms. The fourth-order valence-corrected chi connectivity index (χ4v) is 3.07. The van der Waals surface area contributed by atoms with Crippen LogP contribution in [0.3, 0.4) is 0 Å². The number of nitriles is 1. The maximum atomic E-state index is 12.7. The number of nitrogens with zero attached hydrogens (tertiary/aromatic N) is 4. The second-order valence-corrected chi connectivity index (χ2v) is 7.05. The van der Waals surface area contributed by atoms with Gasteiger partial charge < -0.3 is 4.74 Å². The number of hydrogen-bond donors (Lipinski definition) is 1. The van der Waals surface area contributed by atoms with Gasteiger partial charge in [-0.15, -0.1) is 0 Å². The first-order valence-corrected chi connectivity index (χ1v) is 9.51. The lowest BCUT2D eigenvalue weighted by molar-refractivity contribution is 0.0947. The summed E-state index contributed by atoms with van der Waals surface area (Å²) >= 11 is 3.36. The molecule has 0 unspecified atom stereocenters. The van der Waals surface area contributed by atoms with Gasteiger partial charge >= 0.3 is 0 Å². The molecule has 1 amide bonds. The molecular weight excluding hydrogens is 450 g/mol. The van der Waals surface area contributed by atoms with Gasteiger partial charge in [0.05, 0.1) is 19.0 Å². The maximum Gasteiger partial charge on any atom is 0.292 e. The van der Waals surface area contributed by atoms with Crippen LogP contribution in [0.25, 0.3) is 5.69 Å². The zero-order valence-electron chi connectivity index (χ0n) is 16.1. The first-order chi connectivity index (χ1) is 14.4. The SMILES string of the molecule is COc1ccc(-n2nc(C(=O)N/N=C/c3cccc(Br)c3)c(C)c(C#N)c2=O)cc1. The Morgan fingerprint density at radius 1 is 1.30 bits per heavy atom. The van der Waals surface area contributed by atoms with Crippen LogP contribution in [0.5, 0.6) is 5.75 Å². The zero-order valence-corrected chi connectivity index (χ0v) is 17.7. The minimum Gasteiger partial charge on any atom is -0.497 e. The molecule has 1 heterocycles. The minimum atomic E-state index is -0.641. The summed E-state index contributed by atoms with van der Waals surface area (Å²) in [5.41, 5.74) is 2.88. The molecule has 0 fully saturated rings. The van der Waals surface area contributed by atoms with Crippen molar-refractivity contribution in [3.63, 3.8) is 0 Å². The Morgan fingerprint density at radius 3 is 2.67 bits per heavy atom. The molecule has 0 atom stereocenters. The molecule has 0 aliphatic rings. The third-order valence-corrected chi connectivity index (χ3v) is 4.70. The molecule has 2 aromatic carbocycles. The van der Waals surface area contributed by atoms with Gasteiger partial charge in [0.15, 0.2) is 5.69 Å². The third-order valence-electron chi connectivity index (χ3n) is 4.21. The van der Waals surface area contributed by atoms with Gasteiger partial charge in [-0.05, 0) is 48.9 Å². The molecule has 30 heavy (non-hydrogen) atoms. The number of hydrazone groups is 1. The van der Waals surface area contributed by atoms with E-state index in [1.54, 1.807) is 24.3 Å². The van der Waals surface area contributed by atoms with Crippen molar-refractivity contribution < 1.29 is 9.53 Å². The van der Waals surface area contributed by atoms with Crippen LogP contribution in [0.1, 0.15) is 27.2 Å². The number of halogens is 1. The summed E-state index contributed by atoms with van der Waals surface area (Å²) in [5, 5.41) is 17.5. The maximum absolute atomic E-state index is 12.7. The van der Waals surface area contributed by atoms with Crippen LogP contribution in [-0.2, 0) is 0 Å². The standard InChI is InChI=1S/C21H16BrN5O3/c1-13-18(11-23)21(29)27(16-6-8-17(30-2)9-7-16)26-19(13)20(28)25-24-12-14-4-3-5-15(22)10-14/h3-10,12H,1-2H3,(H,25,28)/b24-12+. The average Bonchev–Trinajstić information content (AvgIpc) is 2.74. The van der Waals surface area contributed by atoms with Crippen molar-refractivity contribution in [3.8, 4) is 17.5 Å². The molecule has 0 aliphatic carbocycles. The highest BCUT2D eigenvalue weighted by Gasteiger charge is 2.20. The van der Waals surface area contributed by atoms with Crippen LogP contribution < -0.4 is 15.7 Å². The minimum absolute atomic E-state index is 0.0756. The van der Waals surface area contributed by atoms with E-state index < -0.39 is 11.5 Å². The molecule has 0 aliphatic heterocycles. The van der Waals surface area contributed by atoms with Crippen molar-refractivity contribution in [1.29, 1.82) is 5.26 Å². The van der Waals surface area contributed by atoms with Crippen LogP contribution in [-0.4, -0.2) is 29.0 Å². The number of carbonyl (C=O) groups is 1. The lowest BCUT2D eigenvalue weighted by Gasteiger charge is -2.11. The van der Waals surface area contributed by atoms with Crippen molar-refractivity contribution in [1.82, 2.24) is 15.2 Å². The van der Waals surface area contributed by atoms with Gasteiger partial charge in [0.2, 0.25) is 0 Å². The number of rotatable bonds is 5. The number of hydrogen-bond acceptors (Lipinski definition) is 6. The second kappa shape index (κ2) is 9.15. The van der Waals surface area contributed by atoms with Crippen molar-refractivity contribution in [3.05, 3.63) is 85.7 Å². The Balaban J connectivity index is 1.96. The van der Waals surface area contributed by atoms with Gasteiger partial charge in [-0.2, -0.15) is 20.1 Å². The average molecular weight is 466 g/mol. The molecule has 150 valence electrons. The van der Waals surface area contributed by atoms with E-state index in [0.29, 0.717) is 11.4 Å². The van der Waals surface area contributed by atoms with Gasteiger partial charge in [0.1, 0.15) is 17.4 Å². The predicted molar refractivity (Wildman–Crippen MR) is 115 cm³/mol. The number of benzene rings is 2. The van der Waals surface area contributed by atoms with Crippen molar-refractivity contribution in [2.24, 2.45) is 5.10 Å². The Morgan fingerprint density at radius 2 is 2.03 bits per heavy atom. The molecule has 0 saturated carbocycles. The molecule has 1 aromatic heterocycles. The van der Waals surface area contributed by atoms with E-state index in [1.807, 2.05) is 30.3 Å². The molecule has 3 rings (SSSR count). The highest BCUT2D eigenvalue weighted by Crippen LogP contribution is 2.15. The third kappa shape index (κ3) is 4.45. The molecule has 1 N–H and O–H groups in total. The molecule has 3 aromatic rings. The van der Waals surface area contributed by atoms with Gasteiger partial charge in [-0.3, -0.25) is 9.59 Å². The lowest BCUT2D eigenvalue weighted by atomic mass is 10.1. The molecule has 0 saturated heterocycles. The number of carbonyl (C=O) groups excluding carboxylic acids is 1. The Labute approximate surface area is 180 Å². The van der Waals surface area contributed by atoms with E-state index in [-0.39, 0.29) is 16.8 Å². The first-order valence-electron chi connectivity index (χ1n) is 8.72. The van der Waals surface area contributed by atoms with Gasteiger partial charge in [0, 0.05) is 10.0 Å². The number of ether oxygens (including phenoxy) is 1. The summed E-state index contributed by atoms with van der Waals surface area (Å²) in [4.78, 5) is 25.3. The number of aromatic nitrogens is 2. The summed E-state index contributed by atoms with van der Waals surface area (Å²) in [6.07, 6.45) is 1.47. The monoisotopic (exact) mass is 465 g/mol. The Kier molecular flexibility index (Phi) is 6.39. The van der Waals surface area contributed by atoms with Crippen molar-refractivity contribution in [2.45, 2.75) is 6.92 Å². The van der Waals surface area contributed by atoms with Crippen LogP contribution in [0.2, 0.25) is 0 Å². The highest BCUT2D eigenvalue weighted by atomic mass is 79.9. The first kappa shape index (κ1) is 21.0. The summed E-state index contributed by atoms with van der Waals surface area (Å²) in [5.74, 6) is -0.0446. The van der Waals surface area contributed by atoms with Crippen molar-refractivity contribution in [2.75, 3.05) is 7.11 Å². The fourth-order valence-electron chi connectivity index (χ4n) is 2.66. The van der Waals surface area contributed by atoms with Crippen LogP contribution in [0, 0.1) is 18.3 Å². The van der Waals surface area contributed by atoms with Gasteiger partial charge in [0.25, 0.3) is 11.5 Å². The predicted octanol–water partition coefficient (Wildman–Crippen LogP) is 2.95. The largest absolute Gasteiger partial charge is 0.497 e. The van der Waals surface area contributed by atoms with E-state index >= 15 is 0 Å².